The minimum Gasteiger partial charge on any atom is -0.502 e. The largest absolute Gasteiger partial charge is 0.502 e. The molecule has 0 bridgehead atoms. The number of ketones is 1. The summed E-state index contributed by atoms with van der Waals surface area (Å²) in [7, 11) is 0. The molecule has 0 radical (unpaired) electrons. The molecule has 0 aromatic heterocycles. The van der Waals surface area contributed by atoms with E-state index in [0.29, 0.717) is 32.8 Å². The Morgan fingerprint density at radius 2 is 1.50 bits per heavy atom. The average molecular weight is 288 g/mol. The highest BCUT2D eigenvalue weighted by molar-refractivity contribution is 5.79. The van der Waals surface area contributed by atoms with Crippen molar-refractivity contribution in [2.45, 2.75) is 52.9 Å². The van der Waals surface area contributed by atoms with Crippen LogP contribution in [0.4, 0.5) is 0 Å². The Morgan fingerprint density at radius 1 is 0.900 bits per heavy atom. The summed E-state index contributed by atoms with van der Waals surface area (Å²) in [5.74, 6) is 0.0523. The van der Waals surface area contributed by atoms with Crippen molar-refractivity contribution in [3.05, 3.63) is 12.3 Å². The van der Waals surface area contributed by atoms with E-state index in [-0.39, 0.29) is 18.3 Å². The number of carbonyl (C=O) groups excluding carboxylic acids is 1. The van der Waals surface area contributed by atoms with Crippen LogP contribution >= 0.6 is 0 Å². The summed E-state index contributed by atoms with van der Waals surface area (Å²) in [6, 6.07) is 0. The van der Waals surface area contributed by atoms with Gasteiger partial charge in [-0.2, -0.15) is 0 Å². The van der Waals surface area contributed by atoms with Gasteiger partial charge in [0.1, 0.15) is 5.78 Å². The molecule has 0 saturated heterocycles. The third-order valence-corrected chi connectivity index (χ3v) is 2.47. The Labute approximate surface area is 122 Å². The zero-order valence-corrected chi connectivity index (χ0v) is 13.1. The number of Topliss-reactive ketones (excluding diaryl/α,β-unsaturated/α-hetero) is 1. The van der Waals surface area contributed by atoms with Crippen molar-refractivity contribution >= 4 is 5.78 Å². The molecule has 0 rings (SSSR count). The lowest BCUT2D eigenvalue weighted by Gasteiger charge is -2.17. The van der Waals surface area contributed by atoms with Crippen LogP contribution in [0.25, 0.3) is 0 Å². The van der Waals surface area contributed by atoms with Crippen LogP contribution in [0, 0.1) is 0 Å². The number of rotatable bonds is 13. The van der Waals surface area contributed by atoms with Crippen molar-refractivity contribution < 1.29 is 23.7 Å². The molecule has 1 unspecified atom stereocenters. The molecular formula is C15H28O5. The lowest BCUT2D eigenvalue weighted by Crippen LogP contribution is -2.24. The first-order valence-corrected chi connectivity index (χ1v) is 7.32. The third-order valence-electron chi connectivity index (χ3n) is 2.47. The lowest BCUT2D eigenvalue weighted by molar-refractivity contribution is -0.153. The Hall–Kier alpha value is -0.910. The first-order chi connectivity index (χ1) is 9.67. The monoisotopic (exact) mass is 288 g/mol. The SMILES string of the molecule is CCOC=CC(CC(=O)CC(OCC)OCC)OCC. The van der Waals surface area contributed by atoms with Crippen molar-refractivity contribution in [1.82, 2.24) is 0 Å². The highest BCUT2D eigenvalue weighted by atomic mass is 16.7. The standard InChI is InChI=1S/C15H28O5/c1-5-17-10-9-14(18-6-2)11-13(16)12-15(19-7-3)20-8-4/h9-10,14-15H,5-8,11-12H2,1-4H3. The van der Waals surface area contributed by atoms with Crippen LogP contribution in [0.15, 0.2) is 12.3 Å². The zero-order valence-electron chi connectivity index (χ0n) is 13.1. The molecule has 0 aliphatic heterocycles. The molecule has 118 valence electrons. The van der Waals surface area contributed by atoms with Gasteiger partial charge in [-0.1, -0.05) is 0 Å². The van der Waals surface area contributed by atoms with Gasteiger partial charge in [0, 0.05) is 26.2 Å². The molecule has 0 aliphatic rings. The van der Waals surface area contributed by atoms with E-state index in [4.69, 9.17) is 18.9 Å². The molecule has 1 atom stereocenters. The molecule has 0 heterocycles. The third kappa shape index (κ3) is 9.95. The molecule has 0 fully saturated rings. The van der Waals surface area contributed by atoms with E-state index in [0.717, 1.165) is 0 Å². The van der Waals surface area contributed by atoms with E-state index in [1.807, 2.05) is 27.7 Å². The average Bonchev–Trinajstić information content (AvgIpc) is 2.39. The van der Waals surface area contributed by atoms with Crippen LogP contribution in [-0.2, 0) is 23.7 Å². The summed E-state index contributed by atoms with van der Waals surface area (Å²) >= 11 is 0. The molecular weight excluding hydrogens is 260 g/mol. The molecule has 0 aliphatic carbocycles. The van der Waals surface area contributed by atoms with Gasteiger partial charge in [0.15, 0.2) is 6.29 Å². The van der Waals surface area contributed by atoms with E-state index in [1.165, 1.54) is 0 Å². The fourth-order valence-electron chi connectivity index (χ4n) is 1.67. The van der Waals surface area contributed by atoms with Crippen LogP contribution < -0.4 is 0 Å². The second-order valence-corrected chi connectivity index (χ2v) is 4.06. The molecule has 0 amide bonds. The summed E-state index contributed by atoms with van der Waals surface area (Å²) in [6.45, 7) is 9.76. The smallest absolute Gasteiger partial charge is 0.164 e. The molecule has 0 saturated carbocycles. The van der Waals surface area contributed by atoms with Crippen LogP contribution in [0.1, 0.15) is 40.5 Å². The van der Waals surface area contributed by atoms with Crippen LogP contribution in [0.2, 0.25) is 0 Å². The number of hydrogen-bond acceptors (Lipinski definition) is 5. The van der Waals surface area contributed by atoms with Gasteiger partial charge < -0.3 is 18.9 Å². The fourth-order valence-corrected chi connectivity index (χ4v) is 1.67. The Kier molecular flexibility index (Phi) is 12.5. The minimum atomic E-state index is -0.462. The summed E-state index contributed by atoms with van der Waals surface area (Å²) in [4.78, 5) is 12.0. The molecule has 0 spiro atoms. The second kappa shape index (κ2) is 13.1. The maximum Gasteiger partial charge on any atom is 0.164 e. The van der Waals surface area contributed by atoms with Crippen molar-refractivity contribution in [2.24, 2.45) is 0 Å². The normalized spacial score (nSPS) is 13.1. The van der Waals surface area contributed by atoms with E-state index < -0.39 is 6.29 Å². The van der Waals surface area contributed by atoms with Gasteiger partial charge in [0.05, 0.1) is 25.4 Å². The topological polar surface area (TPSA) is 54.0 Å². The molecule has 0 aromatic carbocycles. The predicted octanol–water partition coefficient (Wildman–Crippen LogP) is 2.69. The Morgan fingerprint density at radius 3 is 2.00 bits per heavy atom. The summed E-state index contributed by atoms with van der Waals surface area (Å²) in [5.41, 5.74) is 0. The highest BCUT2D eigenvalue weighted by Gasteiger charge is 2.17. The number of carbonyl (C=O) groups is 1. The maximum absolute atomic E-state index is 12.0. The first-order valence-electron chi connectivity index (χ1n) is 7.32. The molecule has 5 heteroatoms. The zero-order chi connectivity index (χ0) is 15.2. The van der Waals surface area contributed by atoms with Gasteiger partial charge in [-0.3, -0.25) is 4.79 Å². The van der Waals surface area contributed by atoms with Crippen molar-refractivity contribution in [2.75, 3.05) is 26.4 Å². The lowest BCUT2D eigenvalue weighted by atomic mass is 10.1. The van der Waals surface area contributed by atoms with Gasteiger partial charge >= 0.3 is 0 Å². The Balaban J connectivity index is 4.27. The van der Waals surface area contributed by atoms with E-state index in [1.54, 1.807) is 12.3 Å². The molecule has 20 heavy (non-hydrogen) atoms. The van der Waals surface area contributed by atoms with Gasteiger partial charge in [0.25, 0.3) is 0 Å². The van der Waals surface area contributed by atoms with Crippen molar-refractivity contribution in [3.8, 4) is 0 Å². The van der Waals surface area contributed by atoms with Crippen molar-refractivity contribution in [3.63, 3.8) is 0 Å². The fraction of sp³-hybridized carbons (Fsp3) is 0.800. The highest BCUT2D eigenvalue weighted by Crippen LogP contribution is 2.09. The predicted molar refractivity (Wildman–Crippen MR) is 77.5 cm³/mol. The molecule has 0 aromatic rings. The molecule has 0 N–H and O–H groups in total. The summed E-state index contributed by atoms with van der Waals surface area (Å²) in [6.07, 6.45) is 3.16. The van der Waals surface area contributed by atoms with Gasteiger partial charge in [-0.05, 0) is 33.8 Å². The van der Waals surface area contributed by atoms with Crippen LogP contribution in [-0.4, -0.2) is 44.6 Å². The van der Waals surface area contributed by atoms with Crippen molar-refractivity contribution in [1.29, 1.82) is 0 Å². The van der Waals surface area contributed by atoms with Gasteiger partial charge in [-0.25, -0.2) is 0 Å². The summed E-state index contributed by atoms with van der Waals surface area (Å²) in [5, 5.41) is 0. The molecule has 5 nitrogen and oxygen atoms in total. The van der Waals surface area contributed by atoms with Crippen LogP contribution in [0.3, 0.4) is 0 Å². The maximum atomic E-state index is 12.0. The number of ether oxygens (including phenoxy) is 4. The summed E-state index contributed by atoms with van der Waals surface area (Å²) < 4.78 is 21.4. The van der Waals surface area contributed by atoms with Gasteiger partial charge in [-0.15, -0.1) is 0 Å². The van der Waals surface area contributed by atoms with E-state index in [9.17, 15) is 4.79 Å². The Bertz CT molecular complexity index is 259. The number of hydrogen-bond donors (Lipinski definition) is 0. The van der Waals surface area contributed by atoms with E-state index >= 15 is 0 Å². The van der Waals surface area contributed by atoms with E-state index in [2.05, 4.69) is 0 Å². The van der Waals surface area contributed by atoms with Crippen LogP contribution in [0.5, 0.6) is 0 Å². The first kappa shape index (κ1) is 19.1. The minimum absolute atomic E-state index is 0.0523. The second-order valence-electron chi connectivity index (χ2n) is 4.06. The van der Waals surface area contributed by atoms with Gasteiger partial charge in [0.2, 0.25) is 0 Å². The quantitative estimate of drug-likeness (QED) is 0.385.